The second-order valence-corrected chi connectivity index (χ2v) is 5.14. The van der Waals surface area contributed by atoms with E-state index >= 15 is 0 Å². The quantitative estimate of drug-likeness (QED) is 0.859. The number of nitrogens with zero attached hydrogens (tertiary/aromatic N) is 2. The molecule has 5 nitrogen and oxygen atoms in total. The van der Waals surface area contributed by atoms with Gasteiger partial charge in [0.05, 0.1) is 5.41 Å². The molecule has 2 heterocycles. The Morgan fingerprint density at radius 1 is 1.55 bits per heavy atom. The van der Waals surface area contributed by atoms with Gasteiger partial charge in [0.2, 0.25) is 5.95 Å². The third-order valence-electron chi connectivity index (χ3n) is 3.97. The van der Waals surface area contributed by atoms with Crippen LogP contribution < -0.4 is 0 Å². The minimum absolute atomic E-state index is 0.168. The van der Waals surface area contributed by atoms with E-state index in [-0.39, 0.29) is 18.0 Å². The molecule has 6 heteroatoms. The molecule has 1 aromatic heterocycles. The van der Waals surface area contributed by atoms with E-state index in [1.807, 2.05) is 6.92 Å². The number of likely N-dealkylation sites (tertiary alicyclic amines) is 1. The molecule has 1 aliphatic rings. The zero-order valence-electron chi connectivity index (χ0n) is 11.3. The van der Waals surface area contributed by atoms with Crippen molar-refractivity contribution in [3.8, 4) is 0 Å². The molecule has 108 valence electrons. The molecule has 1 aromatic rings. The lowest BCUT2D eigenvalue weighted by molar-refractivity contribution is -0.152. The van der Waals surface area contributed by atoms with Gasteiger partial charge in [0.25, 0.3) is 5.91 Å². The molecule has 1 atom stereocenters. The zero-order valence-corrected chi connectivity index (χ0v) is 11.3. The molecule has 0 saturated carbocycles. The highest BCUT2D eigenvalue weighted by molar-refractivity contribution is 5.94. The van der Waals surface area contributed by atoms with Gasteiger partial charge in [-0.25, -0.2) is 4.98 Å². The summed E-state index contributed by atoms with van der Waals surface area (Å²) in [6, 6.07) is 2.51. The van der Waals surface area contributed by atoms with Gasteiger partial charge in [-0.15, -0.1) is 0 Å². The van der Waals surface area contributed by atoms with Crippen molar-refractivity contribution in [1.82, 2.24) is 9.88 Å². The van der Waals surface area contributed by atoms with Crippen molar-refractivity contribution in [2.75, 3.05) is 13.1 Å². The summed E-state index contributed by atoms with van der Waals surface area (Å²) in [6.07, 6.45) is 2.90. The summed E-state index contributed by atoms with van der Waals surface area (Å²) in [5, 5.41) is 9.40. The lowest BCUT2D eigenvalue weighted by Gasteiger charge is -2.39. The Hall–Kier alpha value is -1.98. The Kier molecular flexibility index (Phi) is 4.01. The van der Waals surface area contributed by atoms with Crippen LogP contribution in [0.1, 0.15) is 36.5 Å². The first kappa shape index (κ1) is 14.4. The van der Waals surface area contributed by atoms with Crippen LogP contribution in [0, 0.1) is 11.4 Å². The van der Waals surface area contributed by atoms with Gasteiger partial charge in [-0.05, 0) is 25.3 Å². The molecule has 1 amide bonds. The van der Waals surface area contributed by atoms with Crippen LogP contribution in [0.5, 0.6) is 0 Å². The molecular formula is C14H17FN2O3. The molecule has 1 aliphatic heterocycles. The van der Waals surface area contributed by atoms with Crippen molar-refractivity contribution in [3.05, 3.63) is 29.8 Å². The Bertz CT molecular complexity index is 535. The fourth-order valence-electron chi connectivity index (χ4n) is 2.64. The number of aromatic nitrogens is 1. The molecule has 0 spiro atoms. The average molecular weight is 280 g/mol. The smallest absolute Gasteiger partial charge is 0.311 e. The van der Waals surface area contributed by atoms with Crippen LogP contribution in [-0.4, -0.2) is 40.0 Å². The van der Waals surface area contributed by atoms with Crippen molar-refractivity contribution >= 4 is 11.9 Å². The van der Waals surface area contributed by atoms with E-state index in [0.717, 1.165) is 6.07 Å². The maximum atomic E-state index is 13.1. The number of aliphatic carboxylic acids is 1. The van der Waals surface area contributed by atoms with Crippen LogP contribution in [0.4, 0.5) is 4.39 Å². The number of rotatable bonds is 3. The minimum atomic E-state index is -0.889. The van der Waals surface area contributed by atoms with Crippen LogP contribution in [0.25, 0.3) is 0 Å². The standard InChI is InChI=1S/C14H17FN2O3/c1-2-14(13(19)20)5-3-7-17(9-14)12(18)10-4-6-16-11(15)8-10/h4,6,8H,2-3,5,7,9H2,1H3,(H,19,20). The second-order valence-electron chi connectivity index (χ2n) is 5.14. The summed E-state index contributed by atoms with van der Waals surface area (Å²) in [7, 11) is 0. The molecule has 1 N–H and O–H groups in total. The number of carbonyl (C=O) groups is 2. The number of pyridine rings is 1. The molecule has 0 radical (unpaired) electrons. The Morgan fingerprint density at radius 2 is 2.30 bits per heavy atom. The van der Waals surface area contributed by atoms with Crippen LogP contribution in [0.15, 0.2) is 18.3 Å². The fourth-order valence-corrected chi connectivity index (χ4v) is 2.64. The lowest BCUT2D eigenvalue weighted by atomic mass is 9.77. The summed E-state index contributed by atoms with van der Waals surface area (Å²) in [6.45, 7) is 2.48. The Morgan fingerprint density at radius 3 is 2.90 bits per heavy atom. The van der Waals surface area contributed by atoms with Crippen LogP contribution >= 0.6 is 0 Å². The third-order valence-corrected chi connectivity index (χ3v) is 3.97. The number of amides is 1. The van der Waals surface area contributed by atoms with Crippen LogP contribution in [-0.2, 0) is 4.79 Å². The van der Waals surface area contributed by atoms with Crippen LogP contribution in [0.2, 0.25) is 0 Å². The van der Waals surface area contributed by atoms with E-state index in [4.69, 9.17) is 0 Å². The predicted octanol–water partition coefficient (Wildman–Crippen LogP) is 1.94. The SMILES string of the molecule is CCC1(C(=O)O)CCCN(C(=O)c2ccnc(F)c2)C1. The molecule has 1 unspecified atom stereocenters. The number of carbonyl (C=O) groups excluding carboxylic acids is 1. The molecular weight excluding hydrogens is 263 g/mol. The number of halogens is 1. The minimum Gasteiger partial charge on any atom is -0.481 e. The first-order valence-corrected chi connectivity index (χ1v) is 6.63. The van der Waals surface area contributed by atoms with E-state index in [0.29, 0.717) is 25.8 Å². The van der Waals surface area contributed by atoms with Gasteiger partial charge in [0, 0.05) is 30.9 Å². The molecule has 0 aromatic carbocycles. The Balaban J connectivity index is 2.21. The van der Waals surface area contributed by atoms with E-state index in [9.17, 15) is 19.1 Å². The van der Waals surface area contributed by atoms with Crippen molar-refractivity contribution in [2.45, 2.75) is 26.2 Å². The average Bonchev–Trinajstić information content (AvgIpc) is 2.46. The van der Waals surface area contributed by atoms with E-state index in [1.54, 1.807) is 0 Å². The van der Waals surface area contributed by atoms with Gasteiger partial charge < -0.3 is 10.0 Å². The van der Waals surface area contributed by atoms with Gasteiger partial charge in [0.15, 0.2) is 0 Å². The third kappa shape index (κ3) is 2.64. The second kappa shape index (κ2) is 5.56. The van der Waals surface area contributed by atoms with E-state index in [2.05, 4.69) is 4.98 Å². The lowest BCUT2D eigenvalue weighted by Crippen LogP contribution is -2.49. The van der Waals surface area contributed by atoms with E-state index < -0.39 is 17.3 Å². The first-order valence-electron chi connectivity index (χ1n) is 6.63. The van der Waals surface area contributed by atoms with E-state index in [1.165, 1.54) is 17.2 Å². The summed E-state index contributed by atoms with van der Waals surface area (Å²) >= 11 is 0. The molecule has 0 aliphatic carbocycles. The highest BCUT2D eigenvalue weighted by Crippen LogP contribution is 2.34. The number of piperidine rings is 1. The molecule has 1 saturated heterocycles. The maximum Gasteiger partial charge on any atom is 0.311 e. The molecule has 20 heavy (non-hydrogen) atoms. The fraction of sp³-hybridized carbons (Fsp3) is 0.500. The largest absolute Gasteiger partial charge is 0.481 e. The summed E-state index contributed by atoms with van der Waals surface area (Å²) in [4.78, 5) is 28.7. The van der Waals surface area contributed by atoms with Gasteiger partial charge in [-0.1, -0.05) is 6.92 Å². The van der Waals surface area contributed by atoms with Gasteiger partial charge >= 0.3 is 5.97 Å². The van der Waals surface area contributed by atoms with Crippen LogP contribution in [0.3, 0.4) is 0 Å². The molecule has 1 fully saturated rings. The summed E-state index contributed by atoms with van der Waals surface area (Å²) < 4.78 is 13.1. The Labute approximate surface area is 116 Å². The summed E-state index contributed by atoms with van der Waals surface area (Å²) in [5.74, 6) is -1.93. The summed E-state index contributed by atoms with van der Waals surface area (Å²) in [5.41, 5.74) is -0.686. The number of hydrogen-bond acceptors (Lipinski definition) is 3. The highest BCUT2D eigenvalue weighted by Gasteiger charge is 2.42. The first-order chi connectivity index (χ1) is 9.48. The zero-order chi connectivity index (χ0) is 14.8. The van der Waals surface area contributed by atoms with Crippen molar-refractivity contribution in [1.29, 1.82) is 0 Å². The van der Waals surface area contributed by atoms with Gasteiger partial charge in [0.1, 0.15) is 0 Å². The number of carboxylic acids is 1. The monoisotopic (exact) mass is 280 g/mol. The number of hydrogen-bond donors (Lipinski definition) is 1. The van der Waals surface area contributed by atoms with Gasteiger partial charge in [-0.2, -0.15) is 4.39 Å². The molecule has 2 rings (SSSR count). The van der Waals surface area contributed by atoms with Gasteiger partial charge in [-0.3, -0.25) is 9.59 Å². The van der Waals surface area contributed by atoms with Crippen molar-refractivity contribution in [3.63, 3.8) is 0 Å². The van der Waals surface area contributed by atoms with Crippen molar-refractivity contribution in [2.24, 2.45) is 5.41 Å². The highest BCUT2D eigenvalue weighted by atomic mass is 19.1. The topological polar surface area (TPSA) is 70.5 Å². The number of carboxylic acid groups (broad SMARTS) is 1. The predicted molar refractivity (Wildman–Crippen MR) is 69.7 cm³/mol. The normalized spacial score (nSPS) is 22.6. The van der Waals surface area contributed by atoms with Crippen molar-refractivity contribution < 1.29 is 19.1 Å². The maximum absolute atomic E-state index is 13.1. The molecule has 0 bridgehead atoms.